The zero-order valence-corrected chi connectivity index (χ0v) is 13.6. The molecule has 0 radical (unpaired) electrons. The summed E-state index contributed by atoms with van der Waals surface area (Å²) in [5.74, 6) is 0. The Balaban J connectivity index is 0.000000871. The average Bonchev–Trinajstić information content (AvgIpc) is 2.76. The van der Waals surface area contributed by atoms with Gasteiger partial charge in [0.05, 0.1) is 28.2 Å². The Bertz CT molecular complexity index is 660. The second-order valence-corrected chi connectivity index (χ2v) is 4.94. The first kappa shape index (κ1) is 21.0. The first-order valence-corrected chi connectivity index (χ1v) is 6.43. The van der Waals surface area contributed by atoms with Crippen molar-refractivity contribution in [3.05, 3.63) is 23.2 Å². The smallest absolute Gasteiger partial charge is 0.762 e. The van der Waals surface area contributed by atoms with Crippen LogP contribution in [0.3, 0.4) is 0 Å². The van der Waals surface area contributed by atoms with E-state index in [4.69, 9.17) is 16.4 Å². The Labute approximate surface area is 135 Å². The Morgan fingerprint density at radius 3 is 2.35 bits per heavy atom. The normalized spacial score (nSPS) is 9.39. The molecule has 2 rings (SSSR count). The maximum Gasteiger partial charge on any atom is 0.762 e. The highest BCUT2D eigenvalue weighted by Crippen LogP contribution is 2.16. The van der Waals surface area contributed by atoms with Gasteiger partial charge in [-0.2, -0.15) is 0 Å². The van der Waals surface area contributed by atoms with Crippen LogP contribution < -0.4 is 9.54 Å². The van der Waals surface area contributed by atoms with Gasteiger partial charge in [-0.15, -0.1) is 5.10 Å². The molecule has 23 heavy (non-hydrogen) atoms. The van der Waals surface area contributed by atoms with Crippen LogP contribution in [0.5, 0.6) is 0 Å². The van der Waals surface area contributed by atoms with E-state index in [1.807, 2.05) is 37.7 Å². The summed E-state index contributed by atoms with van der Waals surface area (Å²) in [6.45, 7) is 0. The van der Waals surface area contributed by atoms with Gasteiger partial charge < -0.3 is 4.70 Å². The Morgan fingerprint density at radius 2 is 1.87 bits per heavy atom. The van der Waals surface area contributed by atoms with Gasteiger partial charge in [-0.3, -0.25) is 17.8 Å². The maximum absolute atomic E-state index is 9.67. The van der Waals surface area contributed by atoms with Crippen LogP contribution in [0.1, 0.15) is 0 Å². The van der Waals surface area contributed by atoms with Crippen LogP contribution in [0.15, 0.2) is 18.2 Å². The number of benzene rings is 1. The predicted molar refractivity (Wildman–Crippen MR) is 79.0 cm³/mol. The van der Waals surface area contributed by atoms with Crippen molar-refractivity contribution in [2.24, 2.45) is 0 Å². The van der Waals surface area contributed by atoms with Gasteiger partial charge in [0.15, 0.2) is 0 Å². The third-order valence-electron chi connectivity index (χ3n) is 2.31. The molecule has 0 amide bonds. The summed E-state index contributed by atoms with van der Waals surface area (Å²) in [5, 5.41) is 8.58. The molecule has 0 aliphatic carbocycles. The van der Waals surface area contributed by atoms with E-state index in [0.717, 1.165) is 11.0 Å². The number of amidine groups is 1. The van der Waals surface area contributed by atoms with Gasteiger partial charge in [0.25, 0.3) is 0 Å². The van der Waals surface area contributed by atoms with Crippen LogP contribution >= 0.6 is 11.6 Å². The zero-order valence-electron chi connectivity index (χ0n) is 12.8. The zero-order chi connectivity index (χ0) is 16.9. The van der Waals surface area contributed by atoms with Gasteiger partial charge in [-0.05, 0) is 23.4 Å². The van der Waals surface area contributed by atoms with Crippen molar-refractivity contribution in [2.75, 3.05) is 28.2 Å². The highest BCUT2D eigenvalue weighted by molar-refractivity contribution is 6.33. The second-order valence-electron chi connectivity index (χ2n) is 4.51. The topological polar surface area (TPSA) is 46.2 Å². The van der Waals surface area contributed by atoms with Gasteiger partial charge in [0.1, 0.15) is 11.0 Å². The number of aromatic nitrogens is 3. The minimum Gasteiger partial charge on any atom is -1.00 e. The average molecular weight is 356 g/mol. The van der Waals surface area contributed by atoms with Crippen molar-refractivity contribution < 1.29 is 27.1 Å². The molecule has 128 valence electrons. The molecule has 0 aliphatic rings. The van der Waals surface area contributed by atoms with Gasteiger partial charge in [-0.25, -0.2) is 9.48 Å². The van der Waals surface area contributed by atoms with E-state index in [2.05, 4.69) is 10.3 Å². The first-order chi connectivity index (χ1) is 10.2. The fraction of sp³-hybridized carbons (Fsp3) is 0.364. The molecule has 0 saturated heterocycles. The third kappa shape index (κ3) is 6.31. The number of hydrogen-bond donors (Lipinski definition) is 0. The summed E-state index contributed by atoms with van der Waals surface area (Å²) < 4.78 is 30.8. The molecular formula is C11H15BClF4N5O. The number of nitrogens with zero attached hydrogens (tertiary/aromatic N) is 5. The molecule has 0 spiro atoms. The SMILES string of the molecule is CN(C)C(On1nnc2ccc(Cl)cc21)=[N+](C)C.FB(F)F.[F-]. The molecule has 0 unspecified atom stereocenters. The van der Waals surface area contributed by atoms with E-state index in [1.165, 1.54) is 4.85 Å². The Hall–Kier alpha value is -2.04. The Kier molecular flexibility index (Phi) is 8.37. The molecule has 0 fully saturated rings. The van der Waals surface area contributed by atoms with Crippen LogP contribution in [0, 0.1) is 0 Å². The summed E-state index contributed by atoms with van der Waals surface area (Å²) in [6, 6.07) is 5.97. The minimum atomic E-state index is -3.67. The fourth-order valence-electron chi connectivity index (χ4n) is 1.58. The highest BCUT2D eigenvalue weighted by Gasteiger charge is 2.17. The lowest BCUT2D eigenvalue weighted by Crippen LogP contribution is -3.00. The summed E-state index contributed by atoms with van der Waals surface area (Å²) in [4.78, 5) is 8.90. The van der Waals surface area contributed by atoms with Gasteiger partial charge in [0, 0.05) is 5.02 Å². The van der Waals surface area contributed by atoms with Crippen molar-refractivity contribution in [1.29, 1.82) is 0 Å². The first-order valence-electron chi connectivity index (χ1n) is 6.05. The van der Waals surface area contributed by atoms with Crippen LogP contribution in [-0.4, -0.2) is 66.4 Å². The summed E-state index contributed by atoms with van der Waals surface area (Å²) >= 11 is 5.96. The van der Waals surface area contributed by atoms with Crippen LogP contribution in [0.2, 0.25) is 5.02 Å². The number of hydrogen-bond acceptors (Lipinski definition) is 3. The van der Waals surface area contributed by atoms with E-state index in [9.17, 15) is 12.9 Å². The number of rotatable bonds is 1. The second kappa shape index (κ2) is 9.18. The molecule has 0 bridgehead atoms. The lowest BCUT2D eigenvalue weighted by molar-refractivity contribution is -0.480. The van der Waals surface area contributed by atoms with Gasteiger partial charge in [0.2, 0.25) is 0 Å². The van der Waals surface area contributed by atoms with E-state index < -0.39 is 7.54 Å². The lowest BCUT2D eigenvalue weighted by Gasteiger charge is -2.10. The van der Waals surface area contributed by atoms with Crippen molar-refractivity contribution >= 4 is 36.2 Å². The van der Waals surface area contributed by atoms with Crippen molar-refractivity contribution in [3.63, 3.8) is 0 Å². The highest BCUT2D eigenvalue weighted by atomic mass is 35.5. The monoisotopic (exact) mass is 355 g/mol. The summed E-state index contributed by atoms with van der Waals surface area (Å²) in [6.07, 6.45) is 0. The van der Waals surface area contributed by atoms with Crippen LogP contribution in [0.25, 0.3) is 11.0 Å². The molecule has 0 saturated carbocycles. The molecule has 0 aliphatic heterocycles. The molecular weight excluding hydrogens is 340 g/mol. The molecule has 0 atom stereocenters. The quantitative estimate of drug-likeness (QED) is 0.207. The van der Waals surface area contributed by atoms with Crippen LogP contribution in [-0.2, 0) is 0 Å². The maximum atomic E-state index is 9.67. The number of fused-ring (bicyclic) bond motifs is 1. The largest absolute Gasteiger partial charge is 1.00 e. The van der Waals surface area contributed by atoms with E-state index in [1.54, 1.807) is 18.2 Å². The lowest BCUT2D eigenvalue weighted by atomic mass is 10.3. The van der Waals surface area contributed by atoms with E-state index in [-0.39, 0.29) is 4.70 Å². The van der Waals surface area contributed by atoms with E-state index >= 15 is 0 Å². The van der Waals surface area contributed by atoms with Crippen molar-refractivity contribution in [2.45, 2.75) is 0 Å². The summed E-state index contributed by atoms with van der Waals surface area (Å²) in [5.41, 5.74) is 1.46. The van der Waals surface area contributed by atoms with Crippen molar-refractivity contribution in [3.8, 4) is 0 Å². The molecule has 1 heterocycles. The third-order valence-corrected chi connectivity index (χ3v) is 2.55. The molecule has 2 aromatic rings. The molecule has 6 nitrogen and oxygen atoms in total. The Morgan fingerprint density at radius 1 is 1.30 bits per heavy atom. The molecule has 1 aromatic heterocycles. The fourth-order valence-corrected chi connectivity index (χ4v) is 1.75. The van der Waals surface area contributed by atoms with E-state index in [0.29, 0.717) is 11.0 Å². The molecule has 0 N–H and O–H groups in total. The minimum absolute atomic E-state index is 0. The molecule has 1 aromatic carbocycles. The van der Waals surface area contributed by atoms with Gasteiger partial charge in [-0.1, -0.05) is 16.4 Å². The van der Waals surface area contributed by atoms with Gasteiger partial charge >= 0.3 is 13.6 Å². The standard InChI is InChI=1S/C11H15ClN5O.BF3.FH/c1-15(2)11(16(3)4)18-17-10-7-8(12)5-6-9(10)13-14-17;2-1(3)4;/h5-7H,1-4H3;;1H/q+1;;/p-1. The predicted octanol–water partition coefficient (Wildman–Crippen LogP) is -1.41. The van der Waals surface area contributed by atoms with Crippen molar-refractivity contribution in [1.82, 2.24) is 20.1 Å². The number of halogens is 5. The summed E-state index contributed by atoms with van der Waals surface area (Å²) in [7, 11) is 3.89. The van der Waals surface area contributed by atoms with Crippen LogP contribution in [0.4, 0.5) is 12.9 Å². The molecule has 12 heteroatoms.